The summed E-state index contributed by atoms with van der Waals surface area (Å²) in [6.45, 7) is 4.58. The average Bonchev–Trinajstić information content (AvgIpc) is 3.03. The van der Waals surface area contributed by atoms with Crippen molar-refractivity contribution in [2.24, 2.45) is 0 Å². The van der Waals surface area contributed by atoms with Gasteiger partial charge in [0, 0.05) is 31.0 Å². The summed E-state index contributed by atoms with van der Waals surface area (Å²) in [7, 11) is 0. The lowest BCUT2D eigenvalue weighted by Gasteiger charge is -2.19. The molecular formula is C13H17N5O3. The average molecular weight is 291 g/mol. The van der Waals surface area contributed by atoms with Crippen molar-refractivity contribution in [3.63, 3.8) is 0 Å². The molecule has 1 aliphatic heterocycles. The van der Waals surface area contributed by atoms with Gasteiger partial charge in [-0.2, -0.15) is 4.98 Å². The molecule has 112 valence electrons. The molecule has 1 unspecified atom stereocenters. The van der Waals surface area contributed by atoms with E-state index >= 15 is 0 Å². The molecule has 1 atom stereocenters. The van der Waals surface area contributed by atoms with Crippen LogP contribution in [-0.4, -0.2) is 56.0 Å². The summed E-state index contributed by atoms with van der Waals surface area (Å²) in [4.78, 5) is 20.4. The van der Waals surface area contributed by atoms with Crippen LogP contribution in [-0.2, 0) is 4.74 Å². The SMILES string of the molecule is Cc1cc(C)n2nc(C(=O)NCC3(O)CCOC3)nc2n1. The third-order valence-electron chi connectivity index (χ3n) is 3.48. The van der Waals surface area contributed by atoms with E-state index < -0.39 is 11.5 Å². The first-order valence-corrected chi connectivity index (χ1v) is 6.76. The largest absolute Gasteiger partial charge is 0.386 e. The standard InChI is InChI=1S/C13H17N5O3/c1-8-5-9(2)18-12(15-8)16-10(17-18)11(19)14-6-13(20)3-4-21-7-13/h5,20H,3-4,6-7H2,1-2H3,(H,14,19). The van der Waals surface area contributed by atoms with E-state index in [9.17, 15) is 9.90 Å². The Morgan fingerprint density at radius 3 is 3.05 bits per heavy atom. The summed E-state index contributed by atoms with van der Waals surface area (Å²) >= 11 is 0. The predicted octanol–water partition coefficient (Wildman–Crippen LogP) is -0.378. The molecule has 2 aromatic rings. The second kappa shape index (κ2) is 5.05. The second-order valence-corrected chi connectivity index (χ2v) is 5.40. The van der Waals surface area contributed by atoms with Gasteiger partial charge < -0.3 is 15.2 Å². The number of hydrogen-bond acceptors (Lipinski definition) is 6. The lowest BCUT2D eigenvalue weighted by Crippen LogP contribution is -2.43. The summed E-state index contributed by atoms with van der Waals surface area (Å²) in [6.07, 6.45) is 0.506. The molecule has 0 aliphatic carbocycles. The number of aryl methyl sites for hydroxylation is 2. The van der Waals surface area contributed by atoms with Gasteiger partial charge in [-0.1, -0.05) is 0 Å². The van der Waals surface area contributed by atoms with E-state index in [-0.39, 0.29) is 19.0 Å². The fraction of sp³-hybridized carbons (Fsp3) is 0.538. The van der Waals surface area contributed by atoms with Gasteiger partial charge in [-0.3, -0.25) is 4.79 Å². The number of hydrogen-bond donors (Lipinski definition) is 2. The number of carbonyl (C=O) groups excluding carboxylic acids is 1. The van der Waals surface area contributed by atoms with Gasteiger partial charge in [0.1, 0.15) is 5.60 Å². The number of ether oxygens (including phenoxy) is 1. The van der Waals surface area contributed by atoms with Crippen LogP contribution < -0.4 is 5.32 Å². The van der Waals surface area contributed by atoms with Crippen LogP contribution in [0, 0.1) is 13.8 Å². The molecule has 1 fully saturated rings. The molecule has 0 radical (unpaired) electrons. The van der Waals surface area contributed by atoms with Gasteiger partial charge in [0.05, 0.1) is 6.61 Å². The van der Waals surface area contributed by atoms with Gasteiger partial charge in [-0.25, -0.2) is 9.50 Å². The summed E-state index contributed by atoms with van der Waals surface area (Å²) in [5, 5.41) is 16.9. The molecule has 21 heavy (non-hydrogen) atoms. The van der Waals surface area contributed by atoms with Gasteiger partial charge in [0.25, 0.3) is 11.7 Å². The van der Waals surface area contributed by atoms with Crippen LogP contribution >= 0.6 is 0 Å². The predicted molar refractivity (Wildman–Crippen MR) is 73.0 cm³/mol. The zero-order valence-electron chi connectivity index (χ0n) is 12.0. The van der Waals surface area contributed by atoms with E-state index in [2.05, 4.69) is 20.4 Å². The van der Waals surface area contributed by atoms with E-state index in [0.29, 0.717) is 18.8 Å². The number of aliphatic hydroxyl groups is 1. The maximum absolute atomic E-state index is 12.1. The molecule has 1 aliphatic rings. The Balaban J connectivity index is 1.77. The Morgan fingerprint density at radius 2 is 2.33 bits per heavy atom. The van der Waals surface area contributed by atoms with E-state index in [0.717, 1.165) is 11.4 Å². The maximum Gasteiger partial charge on any atom is 0.291 e. The van der Waals surface area contributed by atoms with Gasteiger partial charge in [0.15, 0.2) is 0 Å². The van der Waals surface area contributed by atoms with Crippen molar-refractivity contribution < 1.29 is 14.6 Å². The van der Waals surface area contributed by atoms with E-state index in [4.69, 9.17) is 4.74 Å². The van der Waals surface area contributed by atoms with Gasteiger partial charge in [-0.15, -0.1) is 5.10 Å². The summed E-state index contributed by atoms with van der Waals surface area (Å²) in [5.41, 5.74) is 0.670. The minimum atomic E-state index is -1.00. The third-order valence-corrected chi connectivity index (χ3v) is 3.48. The fourth-order valence-electron chi connectivity index (χ4n) is 2.32. The van der Waals surface area contributed by atoms with Gasteiger partial charge >= 0.3 is 0 Å². The quantitative estimate of drug-likeness (QED) is 0.799. The van der Waals surface area contributed by atoms with Crippen molar-refractivity contribution in [3.05, 3.63) is 23.3 Å². The Labute approximate surface area is 121 Å². The molecule has 0 spiro atoms. The maximum atomic E-state index is 12.1. The summed E-state index contributed by atoms with van der Waals surface area (Å²) in [6, 6.07) is 1.86. The van der Waals surface area contributed by atoms with Crippen molar-refractivity contribution in [2.75, 3.05) is 19.8 Å². The number of aromatic nitrogens is 4. The topological polar surface area (TPSA) is 102 Å². The normalized spacial score (nSPS) is 21.9. The highest BCUT2D eigenvalue weighted by Crippen LogP contribution is 2.17. The molecule has 1 saturated heterocycles. The minimum Gasteiger partial charge on any atom is -0.386 e. The first-order chi connectivity index (χ1) is 9.97. The highest BCUT2D eigenvalue weighted by Gasteiger charge is 2.33. The molecule has 2 N–H and O–H groups in total. The zero-order valence-corrected chi connectivity index (χ0v) is 12.0. The Kier molecular flexibility index (Phi) is 3.34. The summed E-state index contributed by atoms with van der Waals surface area (Å²) in [5.74, 6) is -0.00263. The van der Waals surface area contributed by atoms with Crippen molar-refractivity contribution in [2.45, 2.75) is 25.9 Å². The van der Waals surface area contributed by atoms with Crippen molar-refractivity contribution in [3.8, 4) is 0 Å². The van der Waals surface area contributed by atoms with Crippen molar-refractivity contribution >= 4 is 11.7 Å². The van der Waals surface area contributed by atoms with Gasteiger partial charge in [0.2, 0.25) is 5.82 Å². The summed E-state index contributed by atoms with van der Waals surface area (Å²) < 4.78 is 6.65. The van der Waals surface area contributed by atoms with E-state index in [1.807, 2.05) is 19.9 Å². The lowest BCUT2D eigenvalue weighted by atomic mass is 10.0. The number of amides is 1. The first-order valence-electron chi connectivity index (χ1n) is 6.76. The van der Waals surface area contributed by atoms with Crippen LogP contribution in [0.4, 0.5) is 0 Å². The van der Waals surface area contributed by atoms with Crippen LogP contribution in [0.5, 0.6) is 0 Å². The molecular weight excluding hydrogens is 274 g/mol. The number of fused-ring (bicyclic) bond motifs is 1. The molecule has 3 heterocycles. The Hall–Kier alpha value is -2.06. The van der Waals surface area contributed by atoms with Crippen LogP contribution in [0.2, 0.25) is 0 Å². The fourth-order valence-corrected chi connectivity index (χ4v) is 2.32. The smallest absolute Gasteiger partial charge is 0.291 e. The van der Waals surface area contributed by atoms with Crippen molar-refractivity contribution in [1.82, 2.24) is 24.9 Å². The van der Waals surface area contributed by atoms with Crippen LogP contribution in [0.15, 0.2) is 6.07 Å². The number of nitrogens with zero attached hydrogens (tertiary/aromatic N) is 4. The lowest BCUT2D eigenvalue weighted by molar-refractivity contribution is 0.0263. The highest BCUT2D eigenvalue weighted by atomic mass is 16.5. The second-order valence-electron chi connectivity index (χ2n) is 5.40. The monoisotopic (exact) mass is 291 g/mol. The number of carbonyl (C=O) groups is 1. The van der Waals surface area contributed by atoms with E-state index in [1.54, 1.807) is 0 Å². The molecule has 0 bridgehead atoms. The zero-order chi connectivity index (χ0) is 15.0. The molecule has 2 aromatic heterocycles. The molecule has 8 heteroatoms. The molecule has 8 nitrogen and oxygen atoms in total. The molecule has 0 aromatic carbocycles. The number of nitrogens with one attached hydrogen (secondary N) is 1. The molecule has 0 saturated carbocycles. The number of rotatable bonds is 3. The molecule has 1 amide bonds. The highest BCUT2D eigenvalue weighted by molar-refractivity contribution is 5.90. The van der Waals surface area contributed by atoms with Crippen LogP contribution in [0.25, 0.3) is 5.78 Å². The molecule has 3 rings (SSSR count). The van der Waals surface area contributed by atoms with E-state index in [1.165, 1.54) is 4.52 Å². The van der Waals surface area contributed by atoms with Crippen LogP contribution in [0.1, 0.15) is 28.4 Å². The van der Waals surface area contributed by atoms with Gasteiger partial charge in [-0.05, 0) is 19.9 Å². The van der Waals surface area contributed by atoms with Crippen molar-refractivity contribution in [1.29, 1.82) is 0 Å². The minimum absolute atomic E-state index is 0.0405. The third kappa shape index (κ3) is 2.72. The Morgan fingerprint density at radius 1 is 1.52 bits per heavy atom. The Bertz CT molecular complexity index is 690. The van der Waals surface area contributed by atoms with Crippen LogP contribution in [0.3, 0.4) is 0 Å². The first kappa shape index (κ1) is 13.9.